The van der Waals surface area contributed by atoms with E-state index in [2.05, 4.69) is 35.3 Å². The van der Waals surface area contributed by atoms with Crippen molar-refractivity contribution in [2.75, 3.05) is 13.1 Å². The van der Waals surface area contributed by atoms with E-state index in [0.717, 1.165) is 5.56 Å². The average molecular weight is 372 g/mol. The average Bonchev–Trinajstić information content (AvgIpc) is 3.36. The van der Waals surface area contributed by atoms with Crippen molar-refractivity contribution in [3.8, 4) is 17.5 Å². The van der Waals surface area contributed by atoms with E-state index in [0.29, 0.717) is 36.8 Å². The Labute approximate surface area is 163 Å². The molecular weight excluding hydrogens is 352 g/mol. The van der Waals surface area contributed by atoms with Gasteiger partial charge in [-0.1, -0.05) is 42.4 Å². The molecule has 2 aromatic carbocycles. The van der Waals surface area contributed by atoms with Crippen LogP contribution in [-0.2, 0) is 4.79 Å². The first kappa shape index (κ1) is 17.9. The number of likely N-dealkylation sites (tertiary alicyclic amines) is 1. The molecule has 6 nitrogen and oxygen atoms in total. The van der Waals surface area contributed by atoms with Crippen LogP contribution in [0, 0.1) is 11.3 Å². The van der Waals surface area contributed by atoms with Gasteiger partial charge in [-0.05, 0) is 35.7 Å². The van der Waals surface area contributed by atoms with E-state index < -0.39 is 0 Å². The summed E-state index contributed by atoms with van der Waals surface area (Å²) in [5, 5.41) is 13.0. The molecule has 0 bridgehead atoms. The summed E-state index contributed by atoms with van der Waals surface area (Å²) in [5.41, 5.74) is 2.56. The van der Waals surface area contributed by atoms with Crippen LogP contribution in [0.1, 0.15) is 42.1 Å². The molecule has 1 aliphatic rings. The van der Waals surface area contributed by atoms with E-state index >= 15 is 0 Å². The molecule has 1 fully saturated rings. The SMILES string of the molecule is CC(CN1CC(c2noc(-c3ccc(C#N)cc3)n2)CC1=O)c1ccccc1. The molecule has 2 unspecified atom stereocenters. The van der Waals surface area contributed by atoms with Crippen LogP contribution < -0.4 is 0 Å². The fourth-order valence-electron chi connectivity index (χ4n) is 3.54. The van der Waals surface area contributed by atoms with Crippen molar-refractivity contribution >= 4 is 5.91 Å². The minimum absolute atomic E-state index is 0.0636. The zero-order valence-corrected chi connectivity index (χ0v) is 15.6. The molecule has 140 valence electrons. The Bertz CT molecular complexity index is 1010. The standard InChI is InChI=1S/C22H20N4O2/c1-15(17-5-3-2-4-6-17)13-26-14-19(11-20(26)27)21-24-22(28-25-21)18-9-7-16(12-23)8-10-18/h2-10,15,19H,11,13-14H2,1H3. The second-order valence-corrected chi connectivity index (χ2v) is 7.16. The van der Waals surface area contributed by atoms with Crippen molar-refractivity contribution in [3.63, 3.8) is 0 Å². The van der Waals surface area contributed by atoms with Crippen LogP contribution in [0.25, 0.3) is 11.5 Å². The van der Waals surface area contributed by atoms with Crippen LogP contribution in [0.5, 0.6) is 0 Å². The van der Waals surface area contributed by atoms with Crippen LogP contribution in [0.2, 0.25) is 0 Å². The summed E-state index contributed by atoms with van der Waals surface area (Å²) in [5.74, 6) is 1.29. The summed E-state index contributed by atoms with van der Waals surface area (Å²) in [6.07, 6.45) is 0.397. The van der Waals surface area contributed by atoms with Gasteiger partial charge >= 0.3 is 0 Å². The third-order valence-electron chi connectivity index (χ3n) is 5.15. The lowest BCUT2D eigenvalue weighted by Crippen LogP contribution is -2.29. The third-order valence-corrected chi connectivity index (χ3v) is 5.15. The van der Waals surface area contributed by atoms with E-state index in [1.165, 1.54) is 5.56 Å². The molecule has 0 N–H and O–H groups in total. The van der Waals surface area contributed by atoms with E-state index in [1.54, 1.807) is 24.3 Å². The second-order valence-electron chi connectivity index (χ2n) is 7.16. The van der Waals surface area contributed by atoms with Crippen molar-refractivity contribution < 1.29 is 9.32 Å². The minimum Gasteiger partial charge on any atom is -0.341 e. The zero-order chi connectivity index (χ0) is 19.5. The van der Waals surface area contributed by atoms with Gasteiger partial charge in [0.2, 0.25) is 5.91 Å². The fraction of sp³-hybridized carbons (Fsp3) is 0.273. The van der Waals surface area contributed by atoms with Crippen molar-refractivity contribution in [3.05, 3.63) is 71.5 Å². The van der Waals surface area contributed by atoms with Crippen LogP contribution in [0.15, 0.2) is 59.1 Å². The number of benzene rings is 2. The Kier molecular flexibility index (Phi) is 4.90. The number of hydrogen-bond donors (Lipinski definition) is 0. The molecule has 0 spiro atoms. The highest BCUT2D eigenvalue weighted by atomic mass is 16.5. The van der Waals surface area contributed by atoms with Gasteiger partial charge in [0.25, 0.3) is 5.89 Å². The summed E-state index contributed by atoms with van der Waals surface area (Å²) in [4.78, 5) is 18.9. The van der Waals surface area contributed by atoms with Crippen molar-refractivity contribution in [2.24, 2.45) is 0 Å². The molecule has 6 heteroatoms. The number of rotatable bonds is 5. The molecule has 0 saturated carbocycles. The normalized spacial score (nSPS) is 17.5. The van der Waals surface area contributed by atoms with Gasteiger partial charge in [-0.2, -0.15) is 10.2 Å². The second kappa shape index (κ2) is 7.65. The smallest absolute Gasteiger partial charge is 0.257 e. The lowest BCUT2D eigenvalue weighted by molar-refractivity contribution is -0.127. The van der Waals surface area contributed by atoms with Crippen LogP contribution in [0.4, 0.5) is 0 Å². The first-order valence-corrected chi connectivity index (χ1v) is 9.31. The summed E-state index contributed by atoms with van der Waals surface area (Å²) in [6, 6.07) is 19.3. The lowest BCUT2D eigenvalue weighted by atomic mass is 10.0. The van der Waals surface area contributed by atoms with Crippen molar-refractivity contribution in [1.82, 2.24) is 15.0 Å². The first-order chi connectivity index (χ1) is 13.6. The van der Waals surface area contributed by atoms with E-state index in [-0.39, 0.29) is 17.7 Å². The lowest BCUT2D eigenvalue weighted by Gasteiger charge is -2.21. The Morgan fingerprint density at radius 1 is 1.21 bits per heavy atom. The van der Waals surface area contributed by atoms with Gasteiger partial charge in [-0.3, -0.25) is 4.79 Å². The molecule has 1 aliphatic heterocycles. The van der Waals surface area contributed by atoms with Crippen LogP contribution in [0.3, 0.4) is 0 Å². The molecular formula is C22H20N4O2. The van der Waals surface area contributed by atoms with Crippen molar-refractivity contribution in [1.29, 1.82) is 5.26 Å². The molecule has 2 atom stereocenters. The quantitative estimate of drug-likeness (QED) is 0.681. The largest absolute Gasteiger partial charge is 0.341 e. The van der Waals surface area contributed by atoms with Gasteiger partial charge in [0.15, 0.2) is 5.82 Å². The van der Waals surface area contributed by atoms with E-state index in [9.17, 15) is 4.79 Å². The van der Waals surface area contributed by atoms with Gasteiger partial charge < -0.3 is 9.42 Å². The van der Waals surface area contributed by atoms with Crippen LogP contribution >= 0.6 is 0 Å². The topological polar surface area (TPSA) is 83.0 Å². The van der Waals surface area contributed by atoms with E-state index in [4.69, 9.17) is 9.78 Å². The molecule has 1 saturated heterocycles. The molecule has 3 aromatic rings. The fourth-order valence-corrected chi connectivity index (χ4v) is 3.54. The molecule has 2 heterocycles. The highest BCUT2D eigenvalue weighted by Crippen LogP contribution is 2.30. The maximum atomic E-state index is 12.5. The molecule has 1 amide bonds. The summed E-state index contributed by atoms with van der Waals surface area (Å²) in [6.45, 7) is 3.41. The maximum absolute atomic E-state index is 12.5. The Morgan fingerprint density at radius 2 is 1.96 bits per heavy atom. The molecule has 1 aromatic heterocycles. The Balaban J connectivity index is 1.44. The summed E-state index contributed by atoms with van der Waals surface area (Å²) in [7, 11) is 0. The van der Waals surface area contributed by atoms with Gasteiger partial charge in [0.05, 0.1) is 11.6 Å². The highest BCUT2D eigenvalue weighted by Gasteiger charge is 2.34. The Hall–Kier alpha value is -3.46. The number of hydrogen-bond acceptors (Lipinski definition) is 5. The van der Waals surface area contributed by atoms with Crippen LogP contribution in [-0.4, -0.2) is 34.0 Å². The van der Waals surface area contributed by atoms with Gasteiger partial charge in [-0.25, -0.2) is 0 Å². The highest BCUT2D eigenvalue weighted by molar-refractivity contribution is 5.79. The number of amides is 1. The monoisotopic (exact) mass is 372 g/mol. The number of nitrogens with zero attached hydrogens (tertiary/aromatic N) is 4. The molecule has 0 aliphatic carbocycles. The summed E-state index contributed by atoms with van der Waals surface area (Å²) >= 11 is 0. The number of aromatic nitrogens is 2. The number of nitriles is 1. The minimum atomic E-state index is -0.0636. The molecule has 28 heavy (non-hydrogen) atoms. The van der Waals surface area contributed by atoms with Gasteiger partial charge in [0, 0.05) is 31.0 Å². The van der Waals surface area contributed by atoms with Gasteiger partial charge in [0.1, 0.15) is 0 Å². The summed E-state index contributed by atoms with van der Waals surface area (Å²) < 4.78 is 5.38. The zero-order valence-electron chi connectivity index (χ0n) is 15.6. The predicted molar refractivity (Wildman–Crippen MR) is 103 cm³/mol. The number of carbonyl (C=O) groups excluding carboxylic acids is 1. The Morgan fingerprint density at radius 3 is 2.68 bits per heavy atom. The van der Waals surface area contributed by atoms with E-state index in [1.807, 2.05) is 23.1 Å². The number of carbonyl (C=O) groups is 1. The van der Waals surface area contributed by atoms with Crippen molar-refractivity contribution in [2.45, 2.75) is 25.2 Å². The predicted octanol–water partition coefficient (Wildman–Crippen LogP) is 3.73. The molecule has 0 radical (unpaired) electrons. The first-order valence-electron chi connectivity index (χ1n) is 9.31. The molecule has 4 rings (SSSR count). The maximum Gasteiger partial charge on any atom is 0.257 e. The van der Waals surface area contributed by atoms with Gasteiger partial charge in [-0.15, -0.1) is 0 Å². The third kappa shape index (κ3) is 3.65.